The van der Waals surface area contributed by atoms with Crippen molar-refractivity contribution in [2.45, 2.75) is 6.18 Å². The second-order valence-corrected chi connectivity index (χ2v) is 5.71. The van der Waals surface area contributed by atoms with Crippen molar-refractivity contribution in [1.82, 2.24) is 9.78 Å². The molecule has 0 aliphatic heterocycles. The third kappa shape index (κ3) is 3.81. The van der Waals surface area contributed by atoms with E-state index in [9.17, 15) is 13.2 Å². The maximum absolute atomic E-state index is 13.1. The summed E-state index contributed by atoms with van der Waals surface area (Å²) in [4.78, 5) is 0. The highest BCUT2D eigenvalue weighted by Crippen LogP contribution is 2.33. The topological polar surface area (TPSA) is 50.8 Å². The fourth-order valence-electron chi connectivity index (χ4n) is 2.34. The van der Waals surface area contributed by atoms with E-state index in [0.29, 0.717) is 22.0 Å². The number of hydrogen-bond acceptors (Lipinski definition) is 3. The van der Waals surface area contributed by atoms with Crippen LogP contribution in [0, 0.1) is 11.3 Å². The third-order valence-electron chi connectivity index (χ3n) is 3.52. The fourth-order valence-corrected chi connectivity index (χ4v) is 2.47. The number of ether oxygens (including phenoxy) is 1. The molecule has 0 bridgehead atoms. The van der Waals surface area contributed by atoms with Gasteiger partial charge in [0, 0.05) is 10.6 Å². The average molecular weight is 378 g/mol. The molecule has 0 saturated carbocycles. The molecule has 0 saturated heterocycles. The minimum Gasteiger partial charge on any atom is -0.479 e. The number of nitriles is 1. The van der Waals surface area contributed by atoms with Gasteiger partial charge in [-0.2, -0.15) is 23.5 Å². The van der Waals surface area contributed by atoms with E-state index in [4.69, 9.17) is 21.6 Å². The van der Waals surface area contributed by atoms with Crippen molar-refractivity contribution >= 4 is 11.6 Å². The predicted molar refractivity (Wildman–Crippen MR) is 90.1 cm³/mol. The first-order valence-corrected chi connectivity index (χ1v) is 7.79. The van der Waals surface area contributed by atoms with E-state index in [2.05, 4.69) is 5.10 Å². The van der Waals surface area contributed by atoms with E-state index in [1.165, 1.54) is 4.68 Å². The van der Waals surface area contributed by atoms with Crippen LogP contribution in [0.4, 0.5) is 13.2 Å². The van der Waals surface area contributed by atoms with E-state index in [1.807, 2.05) is 6.07 Å². The molecule has 3 rings (SSSR count). The van der Waals surface area contributed by atoms with Gasteiger partial charge in [-0.1, -0.05) is 11.6 Å². The molecule has 0 unspecified atom stereocenters. The standard InChI is InChI=1S/C18H11ClF3N3O/c19-13-3-5-14(6-4-13)25-16(11-17(24-25)18(20,21)22)12-1-7-15(8-2-12)26-10-9-23/h1-8,11H,10H2. The smallest absolute Gasteiger partial charge is 0.435 e. The Bertz CT molecular complexity index is 942. The molecule has 3 aromatic rings. The molecule has 0 amide bonds. The Labute approximate surface area is 152 Å². The maximum Gasteiger partial charge on any atom is 0.435 e. The molecule has 0 fully saturated rings. The fraction of sp³-hybridized carbons (Fsp3) is 0.111. The Morgan fingerprint density at radius 3 is 2.31 bits per heavy atom. The van der Waals surface area contributed by atoms with Crippen molar-refractivity contribution in [2.24, 2.45) is 0 Å². The first kappa shape index (κ1) is 17.8. The molecule has 0 atom stereocenters. The summed E-state index contributed by atoms with van der Waals surface area (Å²) in [7, 11) is 0. The largest absolute Gasteiger partial charge is 0.479 e. The highest BCUT2D eigenvalue weighted by Gasteiger charge is 2.35. The molecule has 0 spiro atoms. The lowest BCUT2D eigenvalue weighted by atomic mass is 10.1. The van der Waals surface area contributed by atoms with Crippen LogP contribution < -0.4 is 4.74 Å². The van der Waals surface area contributed by atoms with Gasteiger partial charge in [-0.25, -0.2) is 4.68 Å². The van der Waals surface area contributed by atoms with Crippen molar-refractivity contribution in [2.75, 3.05) is 6.61 Å². The zero-order chi connectivity index (χ0) is 18.7. The van der Waals surface area contributed by atoms with Gasteiger partial charge in [0.05, 0.1) is 11.4 Å². The lowest BCUT2D eigenvalue weighted by Gasteiger charge is -2.09. The number of rotatable bonds is 4. The SMILES string of the molecule is N#CCOc1ccc(-c2cc(C(F)(F)F)nn2-c2ccc(Cl)cc2)cc1. The Morgan fingerprint density at radius 1 is 1.08 bits per heavy atom. The lowest BCUT2D eigenvalue weighted by Crippen LogP contribution is -2.07. The van der Waals surface area contributed by atoms with Crippen LogP contribution in [-0.4, -0.2) is 16.4 Å². The molecule has 0 radical (unpaired) electrons. The third-order valence-corrected chi connectivity index (χ3v) is 3.78. The van der Waals surface area contributed by atoms with Crippen molar-refractivity contribution < 1.29 is 17.9 Å². The van der Waals surface area contributed by atoms with Crippen molar-refractivity contribution in [3.05, 3.63) is 65.3 Å². The first-order chi connectivity index (χ1) is 12.4. The summed E-state index contributed by atoms with van der Waals surface area (Å²) < 4.78 is 45.8. The summed E-state index contributed by atoms with van der Waals surface area (Å²) >= 11 is 5.85. The zero-order valence-corrected chi connectivity index (χ0v) is 13.9. The Balaban J connectivity index is 2.06. The number of benzene rings is 2. The Kier molecular flexibility index (Phi) is 4.87. The highest BCUT2D eigenvalue weighted by atomic mass is 35.5. The van der Waals surface area contributed by atoms with Crippen LogP contribution >= 0.6 is 11.6 Å². The van der Waals surface area contributed by atoms with Gasteiger partial charge < -0.3 is 4.74 Å². The lowest BCUT2D eigenvalue weighted by molar-refractivity contribution is -0.141. The number of aromatic nitrogens is 2. The Hall–Kier alpha value is -2.98. The summed E-state index contributed by atoms with van der Waals surface area (Å²) in [6.45, 7) is -0.111. The van der Waals surface area contributed by atoms with Gasteiger partial charge in [0.1, 0.15) is 11.8 Å². The molecule has 0 aliphatic carbocycles. The Morgan fingerprint density at radius 2 is 1.73 bits per heavy atom. The quantitative estimate of drug-likeness (QED) is 0.634. The number of nitrogens with zero attached hydrogens (tertiary/aromatic N) is 3. The predicted octanol–water partition coefficient (Wildman–Crippen LogP) is 5.11. The zero-order valence-electron chi connectivity index (χ0n) is 13.2. The summed E-state index contributed by atoms with van der Waals surface area (Å²) in [6, 6.07) is 15.5. The molecule has 0 N–H and O–H groups in total. The summed E-state index contributed by atoms with van der Waals surface area (Å²) in [5.74, 6) is 0.448. The van der Waals surface area contributed by atoms with Crippen LogP contribution in [0.5, 0.6) is 5.75 Å². The molecular weight excluding hydrogens is 367 g/mol. The van der Waals surface area contributed by atoms with Gasteiger partial charge in [-0.3, -0.25) is 0 Å². The minimum atomic E-state index is -4.57. The molecule has 1 aromatic heterocycles. The van der Waals surface area contributed by atoms with Gasteiger partial charge in [0.2, 0.25) is 0 Å². The summed E-state index contributed by atoms with van der Waals surface area (Å²) in [5, 5.41) is 12.7. The molecule has 4 nitrogen and oxygen atoms in total. The van der Waals surface area contributed by atoms with Gasteiger partial charge >= 0.3 is 6.18 Å². The van der Waals surface area contributed by atoms with Crippen molar-refractivity contribution in [1.29, 1.82) is 5.26 Å². The van der Waals surface area contributed by atoms with Crippen LogP contribution in [0.15, 0.2) is 54.6 Å². The highest BCUT2D eigenvalue weighted by molar-refractivity contribution is 6.30. The molecule has 2 aromatic carbocycles. The van der Waals surface area contributed by atoms with E-state index >= 15 is 0 Å². The molecular formula is C18H11ClF3N3O. The van der Waals surface area contributed by atoms with E-state index in [1.54, 1.807) is 48.5 Å². The monoisotopic (exact) mass is 377 g/mol. The number of alkyl halides is 3. The summed E-state index contributed by atoms with van der Waals surface area (Å²) in [6.07, 6.45) is -4.57. The van der Waals surface area contributed by atoms with E-state index in [-0.39, 0.29) is 12.3 Å². The van der Waals surface area contributed by atoms with Gasteiger partial charge in [0.15, 0.2) is 12.3 Å². The molecule has 132 valence electrons. The van der Waals surface area contributed by atoms with Gasteiger partial charge in [-0.15, -0.1) is 0 Å². The second-order valence-electron chi connectivity index (χ2n) is 5.27. The van der Waals surface area contributed by atoms with Gasteiger partial charge in [0.25, 0.3) is 0 Å². The molecule has 1 heterocycles. The second kappa shape index (κ2) is 7.10. The normalized spacial score (nSPS) is 11.2. The van der Waals surface area contributed by atoms with Crippen LogP contribution in [0.1, 0.15) is 5.69 Å². The van der Waals surface area contributed by atoms with Crippen LogP contribution in [-0.2, 0) is 6.18 Å². The van der Waals surface area contributed by atoms with Crippen LogP contribution in [0.3, 0.4) is 0 Å². The molecule has 8 heteroatoms. The average Bonchev–Trinajstić information content (AvgIpc) is 3.07. The van der Waals surface area contributed by atoms with Crippen molar-refractivity contribution in [3.63, 3.8) is 0 Å². The molecule has 0 aliphatic rings. The van der Waals surface area contributed by atoms with E-state index in [0.717, 1.165) is 6.07 Å². The maximum atomic E-state index is 13.1. The summed E-state index contributed by atoms with van der Waals surface area (Å²) in [5.41, 5.74) is 0.246. The first-order valence-electron chi connectivity index (χ1n) is 7.42. The van der Waals surface area contributed by atoms with Crippen LogP contribution in [0.2, 0.25) is 5.02 Å². The van der Waals surface area contributed by atoms with Crippen LogP contribution in [0.25, 0.3) is 16.9 Å². The minimum absolute atomic E-state index is 0.111. The molecule has 26 heavy (non-hydrogen) atoms. The number of halogens is 4. The van der Waals surface area contributed by atoms with Crippen molar-refractivity contribution in [3.8, 4) is 28.8 Å². The van der Waals surface area contributed by atoms with Gasteiger partial charge in [-0.05, 0) is 54.6 Å². The van der Waals surface area contributed by atoms with E-state index < -0.39 is 11.9 Å². The number of hydrogen-bond donors (Lipinski definition) is 0.